The van der Waals surface area contributed by atoms with E-state index in [2.05, 4.69) is 9.88 Å². The van der Waals surface area contributed by atoms with Gasteiger partial charge in [-0.05, 0) is 49.4 Å². The van der Waals surface area contributed by atoms with Crippen LogP contribution in [0.15, 0.2) is 23.0 Å². The molecule has 0 bridgehead atoms. The molecule has 162 valence electrons. The molecule has 3 aromatic rings. The van der Waals surface area contributed by atoms with Crippen molar-refractivity contribution in [2.24, 2.45) is 0 Å². The van der Waals surface area contributed by atoms with E-state index in [1.54, 1.807) is 29.5 Å². The number of aryl methyl sites for hydroxylation is 2. The highest BCUT2D eigenvalue weighted by molar-refractivity contribution is 7.18. The lowest BCUT2D eigenvalue weighted by molar-refractivity contribution is 0.0625. The molecule has 5 rings (SSSR count). The van der Waals surface area contributed by atoms with Crippen molar-refractivity contribution >= 4 is 50.7 Å². The molecule has 3 heterocycles. The van der Waals surface area contributed by atoms with E-state index in [4.69, 9.17) is 28.2 Å². The van der Waals surface area contributed by atoms with Gasteiger partial charge in [0.2, 0.25) is 0 Å². The van der Waals surface area contributed by atoms with Crippen LogP contribution in [0.4, 0.5) is 0 Å². The van der Waals surface area contributed by atoms with E-state index in [1.807, 2.05) is 4.90 Å². The quantitative estimate of drug-likeness (QED) is 0.616. The lowest BCUT2D eigenvalue weighted by Gasteiger charge is -2.34. The van der Waals surface area contributed by atoms with Crippen molar-refractivity contribution in [1.82, 2.24) is 19.8 Å². The van der Waals surface area contributed by atoms with Crippen LogP contribution in [0, 0.1) is 0 Å². The molecule has 1 aliphatic heterocycles. The number of amides is 1. The highest BCUT2D eigenvalue weighted by Gasteiger charge is 2.24. The third-order valence-electron chi connectivity index (χ3n) is 6.02. The number of aromatic nitrogens is 2. The number of aromatic amines is 1. The maximum atomic E-state index is 12.8. The molecule has 1 aromatic carbocycles. The number of hydrogen-bond donors (Lipinski definition) is 1. The van der Waals surface area contributed by atoms with Gasteiger partial charge in [0.25, 0.3) is 11.5 Å². The van der Waals surface area contributed by atoms with Crippen LogP contribution in [0.1, 0.15) is 39.5 Å². The minimum atomic E-state index is -0.0684. The molecule has 1 N–H and O–H groups in total. The number of halogens is 2. The van der Waals surface area contributed by atoms with Crippen molar-refractivity contribution in [3.8, 4) is 0 Å². The zero-order valence-corrected chi connectivity index (χ0v) is 19.2. The number of rotatable bonds is 3. The molecule has 0 atom stereocenters. The number of carbonyl (C=O) groups excluding carboxylic acids is 1. The SMILES string of the molecule is O=C(c1cc(Cl)cc(Cl)c1)N1CCN(Cc2nc3sc4c(c3c(=O)[nH]2)CCCC4)CC1. The topological polar surface area (TPSA) is 69.3 Å². The van der Waals surface area contributed by atoms with Gasteiger partial charge < -0.3 is 9.88 Å². The molecule has 1 saturated heterocycles. The summed E-state index contributed by atoms with van der Waals surface area (Å²) in [6.45, 7) is 3.19. The monoisotopic (exact) mass is 476 g/mol. The number of benzene rings is 1. The third kappa shape index (κ3) is 4.24. The predicted octanol–water partition coefficient (Wildman–Crippen LogP) is 4.13. The normalized spacial score (nSPS) is 17.2. The van der Waals surface area contributed by atoms with Crippen molar-refractivity contribution in [2.75, 3.05) is 26.2 Å². The first-order valence-corrected chi connectivity index (χ1v) is 12.1. The minimum absolute atomic E-state index is 0.0222. The number of hydrogen-bond acceptors (Lipinski definition) is 5. The summed E-state index contributed by atoms with van der Waals surface area (Å²) in [4.78, 5) is 39.5. The third-order valence-corrected chi connectivity index (χ3v) is 7.64. The van der Waals surface area contributed by atoms with Gasteiger partial charge in [0.15, 0.2) is 0 Å². The van der Waals surface area contributed by atoms with Crippen LogP contribution in [0.25, 0.3) is 10.2 Å². The Morgan fingerprint density at radius 3 is 2.52 bits per heavy atom. The highest BCUT2D eigenvalue weighted by Crippen LogP contribution is 2.33. The molecule has 0 spiro atoms. The zero-order chi connectivity index (χ0) is 21.5. The Morgan fingerprint density at radius 1 is 1.06 bits per heavy atom. The van der Waals surface area contributed by atoms with Gasteiger partial charge in [0, 0.05) is 46.7 Å². The van der Waals surface area contributed by atoms with Crippen molar-refractivity contribution in [2.45, 2.75) is 32.2 Å². The van der Waals surface area contributed by atoms with Gasteiger partial charge in [-0.1, -0.05) is 23.2 Å². The zero-order valence-electron chi connectivity index (χ0n) is 16.9. The van der Waals surface area contributed by atoms with E-state index < -0.39 is 0 Å². The summed E-state index contributed by atoms with van der Waals surface area (Å²) in [6, 6.07) is 4.91. The number of piperazine rings is 1. The van der Waals surface area contributed by atoms with Gasteiger partial charge >= 0.3 is 0 Å². The van der Waals surface area contributed by atoms with E-state index in [1.165, 1.54) is 16.9 Å². The molecule has 0 radical (unpaired) electrons. The van der Waals surface area contributed by atoms with E-state index in [0.29, 0.717) is 54.2 Å². The van der Waals surface area contributed by atoms with Crippen LogP contribution < -0.4 is 5.56 Å². The van der Waals surface area contributed by atoms with Gasteiger partial charge in [-0.25, -0.2) is 4.98 Å². The standard InChI is InChI=1S/C22H22Cl2N4O2S/c23-14-9-13(10-15(24)11-14)22(30)28-7-5-27(6-8-28)12-18-25-20(29)19-16-3-1-2-4-17(16)31-21(19)26-18/h9-11H,1-8,12H2,(H,25,26,29). The fourth-order valence-electron chi connectivity index (χ4n) is 4.46. The van der Waals surface area contributed by atoms with Gasteiger partial charge in [0.1, 0.15) is 10.7 Å². The Hall–Kier alpha value is -1.93. The Labute approximate surface area is 193 Å². The van der Waals surface area contributed by atoms with Crippen LogP contribution in [-0.4, -0.2) is 51.9 Å². The first-order chi connectivity index (χ1) is 15.0. The summed E-state index contributed by atoms with van der Waals surface area (Å²) < 4.78 is 0. The molecule has 1 fully saturated rings. The number of nitrogens with one attached hydrogen (secondary N) is 1. The molecule has 1 amide bonds. The molecular formula is C22H22Cl2N4O2S. The van der Waals surface area contributed by atoms with E-state index in [0.717, 1.165) is 29.5 Å². The van der Waals surface area contributed by atoms with Crippen LogP contribution >= 0.6 is 34.5 Å². The van der Waals surface area contributed by atoms with Gasteiger partial charge in [-0.3, -0.25) is 14.5 Å². The number of fused-ring (bicyclic) bond motifs is 3. The largest absolute Gasteiger partial charge is 0.336 e. The first kappa shape index (κ1) is 20.9. The van der Waals surface area contributed by atoms with E-state index in [-0.39, 0.29) is 11.5 Å². The summed E-state index contributed by atoms with van der Waals surface area (Å²) >= 11 is 13.7. The average molecular weight is 477 g/mol. The van der Waals surface area contributed by atoms with Crippen molar-refractivity contribution in [1.29, 1.82) is 0 Å². The first-order valence-electron chi connectivity index (χ1n) is 10.5. The van der Waals surface area contributed by atoms with Crippen LogP contribution in [0.2, 0.25) is 10.0 Å². The van der Waals surface area contributed by atoms with Gasteiger partial charge in [-0.2, -0.15) is 0 Å². The fraction of sp³-hybridized carbons (Fsp3) is 0.409. The second kappa shape index (κ2) is 8.54. The lowest BCUT2D eigenvalue weighted by Crippen LogP contribution is -2.48. The maximum Gasteiger partial charge on any atom is 0.259 e. The summed E-state index contributed by atoms with van der Waals surface area (Å²) in [5.74, 6) is 0.624. The molecule has 0 saturated carbocycles. The summed E-state index contributed by atoms with van der Waals surface area (Å²) in [6.07, 6.45) is 4.37. The Morgan fingerprint density at radius 2 is 1.77 bits per heavy atom. The molecule has 0 unspecified atom stereocenters. The molecule has 2 aliphatic rings. The minimum Gasteiger partial charge on any atom is -0.336 e. The molecule has 6 nitrogen and oxygen atoms in total. The maximum absolute atomic E-state index is 12.8. The lowest BCUT2D eigenvalue weighted by atomic mass is 9.97. The molecule has 2 aromatic heterocycles. The van der Waals surface area contributed by atoms with Crippen LogP contribution in [0.5, 0.6) is 0 Å². The van der Waals surface area contributed by atoms with Crippen molar-refractivity contribution < 1.29 is 4.79 Å². The molecule has 31 heavy (non-hydrogen) atoms. The molecular weight excluding hydrogens is 455 g/mol. The number of carbonyl (C=O) groups is 1. The van der Waals surface area contributed by atoms with Gasteiger partial charge in [0.05, 0.1) is 11.9 Å². The van der Waals surface area contributed by atoms with E-state index in [9.17, 15) is 9.59 Å². The Balaban J connectivity index is 1.27. The number of H-pyrrole nitrogens is 1. The Kier molecular flexibility index (Phi) is 5.77. The highest BCUT2D eigenvalue weighted by atomic mass is 35.5. The average Bonchev–Trinajstić information content (AvgIpc) is 3.12. The van der Waals surface area contributed by atoms with Crippen molar-refractivity contribution in [3.63, 3.8) is 0 Å². The second-order valence-electron chi connectivity index (χ2n) is 8.13. The van der Waals surface area contributed by atoms with Crippen molar-refractivity contribution in [3.05, 3.63) is 60.4 Å². The summed E-state index contributed by atoms with van der Waals surface area (Å²) in [5, 5.41) is 1.70. The fourth-order valence-corrected chi connectivity index (χ4v) is 6.27. The smallest absolute Gasteiger partial charge is 0.259 e. The second-order valence-corrected chi connectivity index (χ2v) is 10.1. The van der Waals surface area contributed by atoms with Crippen LogP contribution in [0.3, 0.4) is 0 Å². The number of thiophene rings is 1. The predicted molar refractivity (Wildman–Crippen MR) is 125 cm³/mol. The van der Waals surface area contributed by atoms with E-state index >= 15 is 0 Å². The summed E-state index contributed by atoms with van der Waals surface area (Å²) in [5.41, 5.74) is 1.69. The Bertz CT molecular complexity index is 1190. The molecule has 9 heteroatoms. The number of nitrogens with zero attached hydrogens (tertiary/aromatic N) is 3. The molecule has 1 aliphatic carbocycles. The van der Waals surface area contributed by atoms with Gasteiger partial charge in [-0.15, -0.1) is 11.3 Å². The summed E-state index contributed by atoms with van der Waals surface area (Å²) in [7, 11) is 0. The van der Waals surface area contributed by atoms with Crippen LogP contribution in [-0.2, 0) is 19.4 Å².